The van der Waals surface area contributed by atoms with Gasteiger partial charge in [-0.15, -0.1) is 0 Å². The van der Waals surface area contributed by atoms with Gasteiger partial charge in [-0.3, -0.25) is 4.90 Å². The van der Waals surface area contributed by atoms with Gasteiger partial charge in [-0.25, -0.2) is 0 Å². The molecule has 0 aromatic heterocycles. The van der Waals surface area contributed by atoms with Gasteiger partial charge in [-0.05, 0) is 50.3 Å². The van der Waals surface area contributed by atoms with Crippen molar-refractivity contribution in [2.45, 2.75) is 64.1 Å². The molecule has 3 rings (SSSR count). The summed E-state index contributed by atoms with van der Waals surface area (Å²) < 4.78 is 0. The summed E-state index contributed by atoms with van der Waals surface area (Å²) in [6.45, 7) is 5.84. The molecule has 0 amide bonds. The van der Waals surface area contributed by atoms with E-state index in [4.69, 9.17) is 0 Å². The summed E-state index contributed by atoms with van der Waals surface area (Å²) in [7, 11) is 0. The SMILES string of the molecule is CCCc1ccc(NC2CC(C)N(C3CC3)C2)cc1. The fraction of sp³-hybridized carbons (Fsp3) is 0.647. The summed E-state index contributed by atoms with van der Waals surface area (Å²) >= 11 is 0. The maximum Gasteiger partial charge on any atom is 0.0403 e. The molecule has 19 heavy (non-hydrogen) atoms. The number of rotatable bonds is 5. The lowest BCUT2D eigenvalue weighted by molar-refractivity contribution is 0.257. The molecule has 1 aliphatic heterocycles. The van der Waals surface area contributed by atoms with E-state index in [2.05, 4.69) is 48.3 Å². The monoisotopic (exact) mass is 258 g/mol. The molecular weight excluding hydrogens is 232 g/mol. The van der Waals surface area contributed by atoms with Gasteiger partial charge in [0.1, 0.15) is 0 Å². The molecule has 1 heterocycles. The van der Waals surface area contributed by atoms with Crippen molar-refractivity contribution in [3.8, 4) is 0 Å². The van der Waals surface area contributed by atoms with Crippen LogP contribution < -0.4 is 5.32 Å². The lowest BCUT2D eigenvalue weighted by Gasteiger charge is -2.20. The standard InChI is InChI=1S/C17H26N2/c1-3-4-14-5-7-15(8-6-14)18-16-11-13(2)19(12-16)17-9-10-17/h5-8,13,16-18H,3-4,9-12H2,1-2H3. The van der Waals surface area contributed by atoms with E-state index in [0.717, 1.165) is 12.1 Å². The molecule has 2 heteroatoms. The summed E-state index contributed by atoms with van der Waals surface area (Å²) in [5, 5.41) is 3.71. The Morgan fingerprint density at radius 3 is 2.58 bits per heavy atom. The number of likely N-dealkylation sites (tertiary alicyclic amines) is 1. The Kier molecular flexibility index (Phi) is 3.79. The summed E-state index contributed by atoms with van der Waals surface area (Å²) in [5.41, 5.74) is 2.74. The molecule has 1 aromatic carbocycles. The van der Waals surface area contributed by atoms with Crippen molar-refractivity contribution in [3.63, 3.8) is 0 Å². The minimum Gasteiger partial charge on any atom is -0.381 e. The summed E-state index contributed by atoms with van der Waals surface area (Å²) in [6, 6.07) is 11.3. The smallest absolute Gasteiger partial charge is 0.0403 e. The maximum atomic E-state index is 3.71. The van der Waals surface area contributed by atoms with Crippen molar-refractivity contribution in [1.82, 2.24) is 4.90 Å². The zero-order valence-corrected chi connectivity index (χ0v) is 12.2. The molecule has 0 bridgehead atoms. The lowest BCUT2D eigenvalue weighted by Crippen LogP contribution is -2.30. The maximum absolute atomic E-state index is 3.71. The highest BCUT2D eigenvalue weighted by Crippen LogP contribution is 2.34. The molecule has 2 atom stereocenters. The highest BCUT2D eigenvalue weighted by atomic mass is 15.3. The predicted molar refractivity (Wildman–Crippen MR) is 81.7 cm³/mol. The number of anilines is 1. The van der Waals surface area contributed by atoms with Crippen LogP contribution in [0.4, 0.5) is 5.69 Å². The first-order chi connectivity index (χ1) is 9.26. The van der Waals surface area contributed by atoms with E-state index in [1.54, 1.807) is 0 Å². The number of benzene rings is 1. The normalized spacial score (nSPS) is 27.7. The van der Waals surface area contributed by atoms with Gasteiger partial charge in [-0.1, -0.05) is 25.5 Å². The highest BCUT2D eigenvalue weighted by molar-refractivity contribution is 5.45. The second-order valence-electron chi connectivity index (χ2n) is 6.30. The number of nitrogens with zero attached hydrogens (tertiary/aromatic N) is 1. The molecule has 2 aliphatic rings. The van der Waals surface area contributed by atoms with Gasteiger partial charge in [0.2, 0.25) is 0 Å². The number of aryl methyl sites for hydroxylation is 1. The minimum atomic E-state index is 0.632. The Hall–Kier alpha value is -1.02. The predicted octanol–water partition coefficient (Wildman–Crippen LogP) is 3.68. The Morgan fingerprint density at radius 1 is 1.21 bits per heavy atom. The van der Waals surface area contributed by atoms with E-state index in [1.165, 1.54) is 49.9 Å². The van der Waals surface area contributed by atoms with Crippen molar-refractivity contribution in [2.75, 3.05) is 11.9 Å². The Bertz CT molecular complexity index is 408. The van der Waals surface area contributed by atoms with Crippen molar-refractivity contribution in [3.05, 3.63) is 29.8 Å². The van der Waals surface area contributed by atoms with Crippen molar-refractivity contribution in [2.24, 2.45) is 0 Å². The molecule has 0 spiro atoms. The topological polar surface area (TPSA) is 15.3 Å². The third kappa shape index (κ3) is 3.11. The lowest BCUT2D eigenvalue weighted by atomic mass is 10.1. The van der Waals surface area contributed by atoms with E-state index in [0.29, 0.717) is 6.04 Å². The van der Waals surface area contributed by atoms with Gasteiger partial charge in [-0.2, -0.15) is 0 Å². The second-order valence-corrected chi connectivity index (χ2v) is 6.30. The van der Waals surface area contributed by atoms with Gasteiger partial charge < -0.3 is 5.32 Å². The van der Waals surface area contributed by atoms with Crippen molar-refractivity contribution >= 4 is 5.69 Å². The molecule has 1 saturated heterocycles. The van der Waals surface area contributed by atoms with Gasteiger partial charge >= 0.3 is 0 Å². The quantitative estimate of drug-likeness (QED) is 0.866. The van der Waals surface area contributed by atoms with E-state index in [1.807, 2.05) is 0 Å². The first-order valence-corrected chi connectivity index (χ1v) is 7.87. The molecule has 1 saturated carbocycles. The number of nitrogens with one attached hydrogen (secondary N) is 1. The molecule has 2 nitrogen and oxygen atoms in total. The summed E-state index contributed by atoms with van der Waals surface area (Å²) in [4.78, 5) is 2.70. The first kappa shape index (κ1) is 13.0. The molecule has 1 aromatic rings. The number of hydrogen-bond donors (Lipinski definition) is 1. The molecule has 2 unspecified atom stereocenters. The molecule has 1 aliphatic carbocycles. The minimum absolute atomic E-state index is 0.632. The zero-order chi connectivity index (χ0) is 13.2. The summed E-state index contributed by atoms with van der Waals surface area (Å²) in [5.74, 6) is 0. The summed E-state index contributed by atoms with van der Waals surface area (Å²) in [6.07, 6.45) is 6.54. The van der Waals surface area contributed by atoms with E-state index in [9.17, 15) is 0 Å². The van der Waals surface area contributed by atoms with Crippen molar-refractivity contribution < 1.29 is 0 Å². The largest absolute Gasteiger partial charge is 0.381 e. The molecule has 1 N–H and O–H groups in total. The van der Waals surface area contributed by atoms with Gasteiger partial charge in [0.25, 0.3) is 0 Å². The zero-order valence-electron chi connectivity index (χ0n) is 12.2. The van der Waals surface area contributed by atoms with Crippen LogP contribution in [0.5, 0.6) is 0 Å². The highest BCUT2D eigenvalue weighted by Gasteiger charge is 2.38. The van der Waals surface area contributed by atoms with Gasteiger partial charge in [0.15, 0.2) is 0 Å². The van der Waals surface area contributed by atoms with Crippen LogP contribution in [0.1, 0.15) is 45.1 Å². The molecule has 104 valence electrons. The van der Waals surface area contributed by atoms with Crippen molar-refractivity contribution in [1.29, 1.82) is 0 Å². The average molecular weight is 258 g/mol. The van der Waals surface area contributed by atoms with Crippen LogP contribution in [-0.2, 0) is 6.42 Å². The van der Waals surface area contributed by atoms with Crippen LogP contribution >= 0.6 is 0 Å². The van der Waals surface area contributed by atoms with Gasteiger partial charge in [0.05, 0.1) is 0 Å². The van der Waals surface area contributed by atoms with Crippen LogP contribution in [0.15, 0.2) is 24.3 Å². The fourth-order valence-electron chi connectivity index (χ4n) is 3.37. The van der Waals surface area contributed by atoms with Crippen LogP contribution in [-0.4, -0.2) is 29.6 Å². The van der Waals surface area contributed by atoms with Crippen LogP contribution in [0.2, 0.25) is 0 Å². The Balaban J connectivity index is 1.56. The Labute approximate surface area is 117 Å². The first-order valence-electron chi connectivity index (χ1n) is 7.87. The third-order valence-electron chi connectivity index (χ3n) is 4.50. The van der Waals surface area contributed by atoms with E-state index in [-0.39, 0.29) is 0 Å². The van der Waals surface area contributed by atoms with E-state index >= 15 is 0 Å². The van der Waals surface area contributed by atoms with Crippen LogP contribution in [0.3, 0.4) is 0 Å². The molecule has 0 radical (unpaired) electrons. The third-order valence-corrected chi connectivity index (χ3v) is 4.50. The molecule has 2 fully saturated rings. The number of hydrogen-bond acceptors (Lipinski definition) is 2. The van der Waals surface area contributed by atoms with Crippen LogP contribution in [0, 0.1) is 0 Å². The van der Waals surface area contributed by atoms with Crippen LogP contribution in [0.25, 0.3) is 0 Å². The average Bonchev–Trinajstić information content (AvgIpc) is 3.17. The fourth-order valence-corrected chi connectivity index (χ4v) is 3.37. The Morgan fingerprint density at radius 2 is 1.95 bits per heavy atom. The van der Waals surface area contributed by atoms with Gasteiger partial charge in [0, 0.05) is 30.4 Å². The second kappa shape index (κ2) is 5.54. The molecular formula is C17H26N2. The van der Waals surface area contributed by atoms with E-state index < -0.39 is 0 Å².